The molecule has 0 aliphatic heterocycles. The number of amides is 1. The maximum atomic E-state index is 11.5. The second-order valence-corrected chi connectivity index (χ2v) is 3.34. The Bertz CT molecular complexity index is 598. The van der Waals surface area contributed by atoms with Crippen LogP contribution in [-0.2, 0) is 0 Å². The largest absolute Gasteiger partial charge is 0.451 e. The van der Waals surface area contributed by atoms with E-state index in [1.807, 2.05) is 13.0 Å². The quantitative estimate of drug-likeness (QED) is 0.756. The van der Waals surface area contributed by atoms with Crippen LogP contribution in [-0.4, -0.2) is 5.91 Å². The van der Waals surface area contributed by atoms with E-state index in [1.54, 1.807) is 12.1 Å². The summed E-state index contributed by atoms with van der Waals surface area (Å²) in [6, 6.07) is 6.29. The van der Waals surface area contributed by atoms with Crippen LogP contribution in [0.3, 0.4) is 0 Å². The van der Waals surface area contributed by atoms with E-state index in [0.29, 0.717) is 11.0 Å². The van der Waals surface area contributed by atoms with Crippen LogP contribution in [0, 0.1) is 6.92 Å². The van der Waals surface area contributed by atoms with E-state index >= 15 is 0 Å². The number of nitrogens with two attached hydrogens (primary N) is 1. The van der Waals surface area contributed by atoms with Gasteiger partial charge in [0.15, 0.2) is 11.2 Å². The molecule has 0 saturated heterocycles. The summed E-state index contributed by atoms with van der Waals surface area (Å²) in [6.07, 6.45) is 0. The lowest BCUT2D eigenvalue weighted by Crippen LogP contribution is -2.14. The highest BCUT2D eigenvalue weighted by molar-refractivity contribution is 5.91. The molecule has 0 radical (unpaired) electrons. The Labute approximate surface area is 85.3 Å². The summed E-state index contributed by atoms with van der Waals surface area (Å²) in [6.45, 7) is 1.87. The molecule has 0 bridgehead atoms. The smallest absolute Gasteiger partial charge is 0.284 e. The van der Waals surface area contributed by atoms with Gasteiger partial charge in [-0.2, -0.15) is 0 Å². The molecule has 76 valence electrons. The number of aryl methyl sites for hydroxylation is 1. The Kier molecular flexibility index (Phi) is 2.04. The molecule has 1 aromatic heterocycles. The summed E-state index contributed by atoms with van der Waals surface area (Å²) in [5, 5.41) is 0.450. The third-order valence-corrected chi connectivity index (χ3v) is 2.13. The maximum absolute atomic E-state index is 11.5. The van der Waals surface area contributed by atoms with E-state index in [9.17, 15) is 9.59 Å². The zero-order valence-electron chi connectivity index (χ0n) is 8.11. The molecule has 15 heavy (non-hydrogen) atoms. The summed E-state index contributed by atoms with van der Waals surface area (Å²) in [7, 11) is 0. The van der Waals surface area contributed by atoms with Crippen molar-refractivity contribution in [2.75, 3.05) is 0 Å². The summed E-state index contributed by atoms with van der Waals surface area (Å²) >= 11 is 0. The molecule has 1 amide bonds. The first-order chi connectivity index (χ1) is 7.08. The summed E-state index contributed by atoms with van der Waals surface area (Å²) in [5.74, 6) is -0.853. The molecule has 0 aliphatic carbocycles. The van der Waals surface area contributed by atoms with Crippen LogP contribution in [0.1, 0.15) is 16.1 Å². The molecule has 0 aliphatic rings. The Morgan fingerprint density at radius 2 is 2.07 bits per heavy atom. The SMILES string of the molecule is Cc1ccc2c(=O)cc(C(N)=O)oc2c1. The highest BCUT2D eigenvalue weighted by Crippen LogP contribution is 2.13. The van der Waals surface area contributed by atoms with E-state index < -0.39 is 5.91 Å². The van der Waals surface area contributed by atoms with Crippen molar-refractivity contribution in [1.29, 1.82) is 0 Å². The van der Waals surface area contributed by atoms with Crippen molar-refractivity contribution in [2.45, 2.75) is 6.92 Å². The molecule has 2 aromatic rings. The number of benzene rings is 1. The van der Waals surface area contributed by atoms with Gasteiger partial charge in [-0.1, -0.05) is 6.07 Å². The number of hydrogen-bond acceptors (Lipinski definition) is 3. The van der Waals surface area contributed by atoms with Crippen LogP contribution >= 0.6 is 0 Å². The van der Waals surface area contributed by atoms with Gasteiger partial charge in [0, 0.05) is 6.07 Å². The molecule has 0 atom stereocenters. The van der Waals surface area contributed by atoms with Crippen LogP contribution in [0.15, 0.2) is 33.5 Å². The lowest BCUT2D eigenvalue weighted by Gasteiger charge is -2.00. The number of carbonyl (C=O) groups excluding carboxylic acids is 1. The van der Waals surface area contributed by atoms with Crippen molar-refractivity contribution < 1.29 is 9.21 Å². The highest BCUT2D eigenvalue weighted by atomic mass is 16.3. The molecule has 0 fully saturated rings. The third-order valence-electron chi connectivity index (χ3n) is 2.13. The minimum Gasteiger partial charge on any atom is -0.451 e. The Morgan fingerprint density at radius 3 is 2.73 bits per heavy atom. The van der Waals surface area contributed by atoms with E-state index in [4.69, 9.17) is 10.2 Å². The van der Waals surface area contributed by atoms with Gasteiger partial charge >= 0.3 is 0 Å². The zero-order valence-corrected chi connectivity index (χ0v) is 8.11. The monoisotopic (exact) mass is 203 g/mol. The van der Waals surface area contributed by atoms with Crippen molar-refractivity contribution >= 4 is 16.9 Å². The minimum absolute atomic E-state index is 0.113. The highest BCUT2D eigenvalue weighted by Gasteiger charge is 2.08. The Morgan fingerprint density at radius 1 is 1.33 bits per heavy atom. The molecule has 4 heteroatoms. The number of rotatable bonds is 1. The molecule has 0 spiro atoms. The molecular weight excluding hydrogens is 194 g/mol. The van der Waals surface area contributed by atoms with Crippen molar-refractivity contribution in [2.24, 2.45) is 5.73 Å². The second-order valence-electron chi connectivity index (χ2n) is 3.34. The van der Waals surface area contributed by atoms with Gasteiger partial charge in [-0.15, -0.1) is 0 Å². The average molecular weight is 203 g/mol. The number of hydrogen-bond donors (Lipinski definition) is 1. The van der Waals surface area contributed by atoms with E-state index in [0.717, 1.165) is 11.6 Å². The van der Waals surface area contributed by atoms with Gasteiger partial charge in [-0.05, 0) is 24.6 Å². The average Bonchev–Trinajstić information content (AvgIpc) is 2.16. The summed E-state index contributed by atoms with van der Waals surface area (Å²) in [5.41, 5.74) is 6.12. The summed E-state index contributed by atoms with van der Waals surface area (Å²) < 4.78 is 5.21. The first kappa shape index (κ1) is 9.45. The molecule has 2 rings (SSSR count). The van der Waals surface area contributed by atoms with Crippen LogP contribution in [0.5, 0.6) is 0 Å². The predicted molar refractivity (Wildman–Crippen MR) is 55.7 cm³/mol. The minimum atomic E-state index is -0.740. The second kappa shape index (κ2) is 3.24. The van der Waals surface area contributed by atoms with Crippen molar-refractivity contribution in [1.82, 2.24) is 0 Å². The molecule has 0 saturated carbocycles. The first-order valence-corrected chi connectivity index (χ1v) is 4.42. The van der Waals surface area contributed by atoms with Crippen LogP contribution in [0.2, 0.25) is 0 Å². The van der Waals surface area contributed by atoms with Gasteiger partial charge in [0.2, 0.25) is 0 Å². The van der Waals surface area contributed by atoms with Gasteiger partial charge in [0.25, 0.3) is 5.91 Å². The van der Waals surface area contributed by atoms with E-state index in [-0.39, 0.29) is 11.2 Å². The molecule has 0 unspecified atom stereocenters. The Balaban J connectivity index is 2.85. The van der Waals surface area contributed by atoms with Crippen LogP contribution in [0.25, 0.3) is 11.0 Å². The fourth-order valence-corrected chi connectivity index (χ4v) is 1.38. The van der Waals surface area contributed by atoms with Crippen molar-refractivity contribution in [3.8, 4) is 0 Å². The number of carbonyl (C=O) groups is 1. The molecule has 2 N–H and O–H groups in total. The molecule has 1 aromatic carbocycles. The van der Waals surface area contributed by atoms with Crippen molar-refractivity contribution in [3.05, 3.63) is 45.8 Å². The van der Waals surface area contributed by atoms with E-state index in [2.05, 4.69) is 0 Å². The maximum Gasteiger partial charge on any atom is 0.284 e. The Hall–Kier alpha value is -2.10. The van der Waals surface area contributed by atoms with Gasteiger partial charge in [-0.25, -0.2) is 0 Å². The normalized spacial score (nSPS) is 10.5. The first-order valence-electron chi connectivity index (χ1n) is 4.42. The van der Waals surface area contributed by atoms with Gasteiger partial charge in [0.05, 0.1) is 5.39 Å². The summed E-state index contributed by atoms with van der Waals surface area (Å²) in [4.78, 5) is 22.4. The number of fused-ring (bicyclic) bond motifs is 1. The molecule has 4 nitrogen and oxygen atoms in total. The lowest BCUT2D eigenvalue weighted by molar-refractivity contribution is 0.0974. The fourth-order valence-electron chi connectivity index (χ4n) is 1.38. The zero-order chi connectivity index (χ0) is 11.0. The van der Waals surface area contributed by atoms with Gasteiger partial charge in [0.1, 0.15) is 5.58 Å². The van der Waals surface area contributed by atoms with Crippen molar-refractivity contribution in [3.63, 3.8) is 0 Å². The van der Waals surface area contributed by atoms with Gasteiger partial charge in [-0.3, -0.25) is 9.59 Å². The fraction of sp³-hybridized carbons (Fsp3) is 0.0909. The van der Waals surface area contributed by atoms with Crippen LogP contribution < -0.4 is 11.2 Å². The van der Waals surface area contributed by atoms with E-state index in [1.165, 1.54) is 0 Å². The molecule has 1 heterocycles. The van der Waals surface area contributed by atoms with Crippen LogP contribution in [0.4, 0.5) is 0 Å². The standard InChI is InChI=1S/C11H9NO3/c1-6-2-3-7-8(13)5-10(11(12)14)15-9(7)4-6/h2-5H,1H3,(H2,12,14). The molecular formula is C11H9NO3. The predicted octanol–water partition coefficient (Wildman–Crippen LogP) is 1.20. The third kappa shape index (κ3) is 1.61. The number of primary amides is 1. The lowest BCUT2D eigenvalue weighted by atomic mass is 10.1. The topological polar surface area (TPSA) is 73.3 Å². The van der Waals surface area contributed by atoms with Gasteiger partial charge < -0.3 is 10.2 Å².